The van der Waals surface area contributed by atoms with Crippen LogP contribution < -0.4 is 4.74 Å². The van der Waals surface area contributed by atoms with Crippen LogP contribution in [-0.2, 0) is 10.3 Å². The highest BCUT2D eigenvalue weighted by atomic mass is 19.1. The van der Waals surface area contributed by atoms with Crippen molar-refractivity contribution in [1.82, 2.24) is 0 Å². The normalized spacial score (nSPS) is 27.6. The number of rotatable bonds is 4. The smallest absolute Gasteiger partial charge is 0.132 e. The first-order chi connectivity index (χ1) is 8.09. The highest BCUT2D eigenvalue weighted by molar-refractivity contribution is 5.34. The molecule has 0 spiro atoms. The van der Waals surface area contributed by atoms with Crippen LogP contribution in [0.5, 0.6) is 5.75 Å². The first-order valence-corrected chi connectivity index (χ1v) is 5.77. The molecule has 0 aromatic heterocycles. The second-order valence-corrected chi connectivity index (χ2v) is 4.36. The Balaban J connectivity index is 2.13. The molecular weight excluding hydrogens is 223 g/mol. The average molecular weight is 240 g/mol. The van der Waals surface area contributed by atoms with Crippen molar-refractivity contribution in [3.63, 3.8) is 0 Å². The predicted octanol–water partition coefficient (Wildman–Crippen LogP) is 2.22. The number of ether oxygens (including phenoxy) is 2. The molecule has 1 aromatic carbocycles. The third kappa shape index (κ3) is 2.28. The van der Waals surface area contributed by atoms with Crippen LogP contribution in [0.25, 0.3) is 0 Å². The molecule has 1 aliphatic rings. The molecule has 94 valence electrons. The molecule has 1 saturated carbocycles. The first kappa shape index (κ1) is 12.3. The standard InChI is InChI=1S/C13H17FO3/c1-3-17-10-7-13(15,8-10)11-5-4-9(16-2)6-12(11)14/h4-6,10,15H,3,7-8H2,1-2H3. The Morgan fingerprint density at radius 2 is 2.18 bits per heavy atom. The summed E-state index contributed by atoms with van der Waals surface area (Å²) in [7, 11) is 1.48. The van der Waals surface area contributed by atoms with Crippen LogP contribution in [0.15, 0.2) is 18.2 Å². The fraction of sp³-hybridized carbons (Fsp3) is 0.538. The molecule has 0 bridgehead atoms. The molecule has 3 nitrogen and oxygen atoms in total. The highest BCUT2D eigenvalue weighted by Gasteiger charge is 2.46. The zero-order valence-electron chi connectivity index (χ0n) is 10.1. The van der Waals surface area contributed by atoms with Crippen molar-refractivity contribution in [2.45, 2.75) is 31.5 Å². The number of methoxy groups -OCH3 is 1. The molecule has 0 heterocycles. The molecule has 2 rings (SSSR count). The van der Waals surface area contributed by atoms with Crippen molar-refractivity contribution in [2.75, 3.05) is 13.7 Å². The van der Waals surface area contributed by atoms with Crippen LogP contribution in [0.1, 0.15) is 25.3 Å². The van der Waals surface area contributed by atoms with Gasteiger partial charge in [-0.3, -0.25) is 0 Å². The minimum absolute atomic E-state index is 0.0338. The van der Waals surface area contributed by atoms with E-state index in [0.29, 0.717) is 30.8 Å². The summed E-state index contributed by atoms with van der Waals surface area (Å²) in [4.78, 5) is 0. The lowest BCUT2D eigenvalue weighted by molar-refractivity contribution is -0.144. The SMILES string of the molecule is CCOC1CC(O)(c2ccc(OC)cc2F)C1. The van der Waals surface area contributed by atoms with Gasteiger partial charge in [0.05, 0.1) is 18.8 Å². The molecule has 1 aliphatic carbocycles. The average Bonchev–Trinajstić information content (AvgIpc) is 2.26. The van der Waals surface area contributed by atoms with Crippen LogP contribution in [-0.4, -0.2) is 24.9 Å². The third-order valence-corrected chi connectivity index (χ3v) is 3.21. The number of hydrogen-bond donors (Lipinski definition) is 1. The maximum absolute atomic E-state index is 13.8. The van der Waals surface area contributed by atoms with E-state index in [0.717, 1.165) is 0 Å². The van der Waals surface area contributed by atoms with Crippen LogP contribution in [0, 0.1) is 5.82 Å². The molecule has 0 unspecified atom stereocenters. The van der Waals surface area contributed by atoms with Crippen molar-refractivity contribution in [3.05, 3.63) is 29.6 Å². The summed E-state index contributed by atoms with van der Waals surface area (Å²) in [5, 5.41) is 10.3. The van der Waals surface area contributed by atoms with Crippen molar-refractivity contribution in [3.8, 4) is 5.75 Å². The van der Waals surface area contributed by atoms with E-state index in [1.54, 1.807) is 12.1 Å². The van der Waals surface area contributed by atoms with E-state index in [1.807, 2.05) is 6.92 Å². The van der Waals surface area contributed by atoms with Gasteiger partial charge < -0.3 is 14.6 Å². The number of hydrogen-bond acceptors (Lipinski definition) is 3. The van der Waals surface area contributed by atoms with Gasteiger partial charge in [-0.05, 0) is 19.1 Å². The van der Waals surface area contributed by atoms with Gasteiger partial charge in [-0.1, -0.05) is 0 Å². The Labute approximate surface area is 100 Å². The summed E-state index contributed by atoms with van der Waals surface area (Å²) in [5.74, 6) is 0.0253. The Hall–Kier alpha value is -1.13. The van der Waals surface area contributed by atoms with Crippen molar-refractivity contribution < 1.29 is 19.0 Å². The van der Waals surface area contributed by atoms with Crippen LogP contribution >= 0.6 is 0 Å². The van der Waals surface area contributed by atoms with E-state index in [4.69, 9.17) is 9.47 Å². The van der Waals surface area contributed by atoms with E-state index in [-0.39, 0.29) is 6.10 Å². The zero-order chi connectivity index (χ0) is 12.5. The van der Waals surface area contributed by atoms with Gasteiger partial charge in [-0.15, -0.1) is 0 Å². The van der Waals surface area contributed by atoms with Crippen LogP contribution in [0.3, 0.4) is 0 Å². The van der Waals surface area contributed by atoms with Gasteiger partial charge >= 0.3 is 0 Å². The number of halogens is 1. The summed E-state index contributed by atoms with van der Waals surface area (Å²) in [6, 6.07) is 4.53. The van der Waals surface area contributed by atoms with Crippen molar-refractivity contribution in [1.29, 1.82) is 0 Å². The van der Waals surface area contributed by atoms with E-state index in [1.165, 1.54) is 13.2 Å². The molecule has 0 atom stereocenters. The monoisotopic (exact) mass is 240 g/mol. The molecule has 4 heteroatoms. The molecule has 17 heavy (non-hydrogen) atoms. The van der Waals surface area contributed by atoms with Gasteiger partial charge in [0.25, 0.3) is 0 Å². The summed E-state index contributed by atoms with van der Waals surface area (Å²) < 4.78 is 24.1. The van der Waals surface area contributed by atoms with Gasteiger partial charge in [0, 0.05) is 31.1 Å². The van der Waals surface area contributed by atoms with E-state index in [2.05, 4.69) is 0 Å². The van der Waals surface area contributed by atoms with Crippen molar-refractivity contribution in [2.24, 2.45) is 0 Å². The number of benzene rings is 1. The van der Waals surface area contributed by atoms with Gasteiger partial charge in [0.2, 0.25) is 0 Å². The van der Waals surface area contributed by atoms with Gasteiger partial charge in [-0.2, -0.15) is 0 Å². The minimum Gasteiger partial charge on any atom is -0.497 e. The number of aliphatic hydroxyl groups is 1. The minimum atomic E-state index is -1.09. The van der Waals surface area contributed by atoms with Crippen LogP contribution in [0.2, 0.25) is 0 Å². The molecule has 0 saturated heterocycles. The highest BCUT2D eigenvalue weighted by Crippen LogP contribution is 2.44. The Kier molecular flexibility index (Phi) is 3.35. The largest absolute Gasteiger partial charge is 0.497 e. The first-order valence-electron chi connectivity index (χ1n) is 5.77. The fourth-order valence-electron chi connectivity index (χ4n) is 2.27. The molecule has 1 N–H and O–H groups in total. The lowest BCUT2D eigenvalue weighted by Crippen LogP contribution is -2.46. The molecule has 0 aliphatic heterocycles. The van der Waals surface area contributed by atoms with Gasteiger partial charge in [0.15, 0.2) is 0 Å². The topological polar surface area (TPSA) is 38.7 Å². The predicted molar refractivity (Wildman–Crippen MR) is 61.5 cm³/mol. The quantitative estimate of drug-likeness (QED) is 0.877. The summed E-state index contributed by atoms with van der Waals surface area (Å²) >= 11 is 0. The van der Waals surface area contributed by atoms with E-state index < -0.39 is 11.4 Å². The van der Waals surface area contributed by atoms with Gasteiger partial charge in [0.1, 0.15) is 11.6 Å². The lowest BCUT2D eigenvalue weighted by atomic mass is 9.72. The molecule has 1 fully saturated rings. The Morgan fingerprint density at radius 1 is 1.47 bits per heavy atom. The molecule has 0 radical (unpaired) electrons. The van der Waals surface area contributed by atoms with Crippen molar-refractivity contribution >= 4 is 0 Å². The molecule has 0 amide bonds. The molecule has 1 aromatic rings. The maximum atomic E-state index is 13.8. The lowest BCUT2D eigenvalue weighted by Gasteiger charge is -2.43. The second-order valence-electron chi connectivity index (χ2n) is 4.36. The van der Waals surface area contributed by atoms with E-state index >= 15 is 0 Å². The maximum Gasteiger partial charge on any atom is 0.132 e. The van der Waals surface area contributed by atoms with Crippen LogP contribution in [0.4, 0.5) is 4.39 Å². The summed E-state index contributed by atoms with van der Waals surface area (Å²) in [6.45, 7) is 2.52. The Morgan fingerprint density at radius 3 is 2.71 bits per heavy atom. The second kappa shape index (κ2) is 4.63. The summed E-state index contributed by atoms with van der Waals surface area (Å²) in [6.07, 6.45) is 0.931. The summed E-state index contributed by atoms with van der Waals surface area (Å²) in [5.41, 5.74) is -0.759. The Bertz CT molecular complexity index is 400. The zero-order valence-corrected chi connectivity index (χ0v) is 10.1. The fourth-order valence-corrected chi connectivity index (χ4v) is 2.27. The van der Waals surface area contributed by atoms with Gasteiger partial charge in [-0.25, -0.2) is 4.39 Å². The third-order valence-electron chi connectivity index (χ3n) is 3.21. The molecular formula is C13H17FO3. The van der Waals surface area contributed by atoms with E-state index in [9.17, 15) is 9.50 Å².